The van der Waals surface area contributed by atoms with Crippen LogP contribution in [0.5, 0.6) is 5.75 Å². The number of carbonyl (C=O) groups is 1. The zero-order chi connectivity index (χ0) is 15.6. The molecule has 21 heavy (non-hydrogen) atoms. The van der Waals surface area contributed by atoms with Crippen LogP contribution in [0.3, 0.4) is 0 Å². The SMILES string of the molecule is CC[C@H](CC(=O)OC)c1c(O)c2ccc(C)cc2oc1=O. The van der Waals surface area contributed by atoms with E-state index in [-0.39, 0.29) is 17.7 Å². The molecule has 112 valence electrons. The molecule has 1 aromatic heterocycles. The van der Waals surface area contributed by atoms with Gasteiger partial charge in [-0.3, -0.25) is 4.79 Å². The fourth-order valence-corrected chi connectivity index (χ4v) is 2.40. The third-order valence-electron chi connectivity index (χ3n) is 3.61. The van der Waals surface area contributed by atoms with E-state index in [9.17, 15) is 14.7 Å². The molecule has 0 bridgehead atoms. The largest absolute Gasteiger partial charge is 0.507 e. The second kappa shape index (κ2) is 5.99. The number of hydrogen-bond donors (Lipinski definition) is 1. The molecule has 2 aromatic rings. The molecule has 0 aliphatic rings. The molecule has 0 fully saturated rings. The van der Waals surface area contributed by atoms with E-state index in [4.69, 9.17) is 4.42 Å². The molecule has 0 saturated heterocycles. The number of aryl methyl sites for hydroxylation is 1. The molecule has 0 amide bonds. The van der Waals surface area contributed by atoms with Crippen LogP contribution < -0.4 is 5.63 Å². The molecule has 1 aromatic carbocycles. The second-order valence-corrected chi connectivity index (χ2v) is 5.04. The van der Waals surface area contributed by atoms with Gasteiger partial charge in [-0.15, -0.1) is 0 Å². The summed E-state index contributed by atoms with van der Waals surface area (Å²) in [5, 5.41) is 10.9. The lowest BCUT2D eigenvalue weighted by molar-refractivity contribution is -0.141. The van der Waals surface area contributed by atoms with Crippen molar-refractivity contribution in [2.45, 2.75) is 32.6 Å². The van der Waals surface area contributed by atoms with E-state index in [2.05, 4.69) is 4.74 Å². The first-order valence-electron chi connectivity index (χ1n) is 6.81. The number of rotatable bonds is 4. The van der Waals surface area contributed by atoms with Crippen LogP contribution in [0.4, 0.5) is 0 Å². The van der Waals surface area contributed by atoms with Gasteiger partial charge >= 0.3 is 11.6 Å². The molecule has 0 saturated carbocycles. The minimum Gasteiger partial charge on any atom is -0.507 e. The summed E-state index contributed by atoms with van der Waals surface area (Å²) in [6, 6.07) is 5.23. The van der Waals surface area contributed by atoms with Gasteiger partial charge in [-0.25, -0.2) is 4.79 Å². The normalized spacial score (nSPS) is 12.3. The standard InChI is InChI=1S/C16H18O5/c1-4-10(8-13(17)20-3)14-15(18)11-6-5-9(2)7-12(11)21-16(14)19/h5-7,10,18H,4,8H2,1-3H3/t10-/m1/s1. The fraction of sp³-hybridized carbons (Fsp3) is 0.375. The highest BCUT2D eigenvalue weighted by atomic mass is 16.5. The lowest BCUT2D eigenvalue weighted by Crippen LogP contribution is -2.16. The van der Waals surface area contributed by atoms with E-state index in [0.717, 1.165) is 5.56 Å². The molecule has 1 N–H and O–H groups in total. The molecule has 5 heteroatoms. The Hall–Kier alpha value is -2.30. The molecule has 1 atom stereocenters. The van der Waals surface area contributed by atoms with Gasteiger partial charge in [0.2, 0.25) is 0 Å². The van der Waals surface area contributed by atoms with Gasteiger partial charge < -0.3 is 14.3 Å². The number of fused-ring (bicyclic) bond motifs is 1. The van der Waals surface area contributed by atoms with Gasteiger partial charge in [0.1, 0.15) is 11.3 Å². The topological polar surface area (TPSA) is 76.7 Å². The Morgan fingerprint density at radius 1 is 1.43 bits per heavy atom. The molecule has 1 heterocycles. The number of aromatic hydroxyl groups is 1. The molecular weight excluding hydrogens is 272 g/mol. The summed E-state index contributed by atoms with van der Waals surface area (Å²) in [6.45, 7) is 3.71. The molecule has 2 rings (SSSR count). The Kier molecular flexibility index (Phi) is 4.31. The van der Waals surface area contributed by atoms with Crippen LogP contribution in [0.15, 0.2) is 27.4 Å². The maximum absolute atomic E-state index is 12.2. The first-order valence-corrected chi connectivity index (χ1v) is 6.81. The van der Waals surface area contributed by atoms with Crippen LogP contribution in [0.2, 0.25) is 0 Å². The van der Waals surface area contributed by atoms with Crippen LogP contribution in [-0.2, 0) is 9.53 Å². The maximum atomic E-state index is 12.2. The smallest absolute Gasteiger partial charge is 0.343 e. The highest BCUT2D eigenvalue weighted by Crippen LogP contribution is 2.34. The average molecular weight is 290 g/mol. The van der Waals surface area contributed by atoms with Crippen LogP contribution >= 0.6 is 0 Å². The van der Waals surface area contributed by atoms with E-state index in [1.165, 1.54) is 7.11 Å². The minimum atomic E-state index is -0.610. The molecule has 5 nitrogen and oxygen atoms in total. The van der Waals surface area contributed by atoms with E-state index in [1.807, 2.05) is 19.9 Å². The molecule has 0 aliphatic carbocycles. The van der Waals surface area contributed by atoms with Crippen molar-refractivity contribution in [1.82, 2.24) is 0 Å². The minimum absolute atomic E-state index is 0.0304. The second-order valence-electron chi connectivity index (χ2n) is 5.04. The Balaban J connectivity index is 2.60. The summed E-state index contributed by atoms with van der Waals surface area (Å²) in [7, 11) is 1.29. The number of benzene rings is 1. The van der Waals surface area contributed by atoms with Gasteiger partial charge in [-0.1, -0.05) is 13.0 Å². The summed E-state index contributed by atoms with van der Waals surface area (Å²) in [6.07, 6.45) is 0.549. The third kappa shape index (κ3) is 2.91. The summed E-state index contributed by atoms with van der Waals surface area (Å²) in [5.41, 5.74) is 0.800. The first kappa shape index (κ1) is 15.1. The van der Waals surface area contributed by atoms with Crippen molar-refractivity contribution in [2.75, 3.05) is 7.11 Å². The summed E-state index contributed by atoms with van der Waals surface area (Å²) < 4.78 is 9.92. The van der Waals surface area contributed by atoms with Gasteiger partial charge in [0.15, 0.2) is 0 Å². The Bertz CT molecular complexity index is 729. The quantitative estimate of drug-likeness (QED) is 0.692. The van der Waals surface area contributed by atoms with Crippen molar-refractivity contribution < 1.29 is 19.1 Å². The van der Waals surface area contributed by atoms with Crippen molar-refractivity contribution in [3.05, 3.63) is 39.7 Å². The average Bonchev–Trinajstić information content (AvgIpc) is 2.45. The van der Waals surface area contributed by atoms with Gasteiger partial charge in [0.25, 0.3) is 0 Å². The Labute approximate surface area is 122 Å². The molecule has 0 radical (unpaired) electrons. The van der Waals surface area contributed by atoms with Crippen molar-refractivity contribution in [3.8, 4) is 5.75 Å². The molecule has 0 spiro atoms. The van der Waals surface area contributed by atoms with Gasteiger partial charge in [-0.05, 0) is 31.0 Å². The number of esters is 1. The summed E-state index contributed by atoms with van der Waals surface area (Å²) in [4.78, 5) is 23.6. The highest BCUT2D eigenvalue weighted by Gasteiger charge is 2.24. The van der Waals surface area contributed by atoms with Crippen LogP contribution in [0, 0.1) is 6.92 Å². The lowest BCUT2D eigenvalue weighted by Gasteiger charge is -2.15. The maximum Gasteiger partial charge on any atom is 0.343 e. The number of methoxy groups -OCH3 is 1. The molecular formula is C16H18O5. The van der Waals surface area contributed by atoms with Crippen LogP contribution in [0.1, 0.15) is 36.8 Å². The van der Waals surface area contributed by atoms with Crippen molar-refractivity contribution in [2.24, 2.45) is 0 Å². The summed E-state index contributed by atoms with van der Waals surface area (Å²) in [5.74, 6) is -0.971. The van der Waals surface area contributed by atoms with Crippen LogP contribution in [-0.4, -0.2) is 18.2 Å². The molecule has 0 aliphatic heterocycles. The zero-order valence-corrected chi connectivity index (χ0v) is 12.3. The number of ether oxygens (including phenoxy) is 1. The van der Waals surface area contributed by atoms with E-state index in [0.29, 0.717) is 17.4 Å². The lowest BCUT2D eigenvalue weighted by atomic mass is 9.92. The van der Waals surface area contributed by atoms with Crippen LogP contribution in [0.25, 0.3) is 11.0 Å². The third-order valence-corrected chi connectivity index (χ3v) is 3.61. The van der Waals surface area contributed by atoms with E-state index < -0.39 is 17.5 Å². The van der Waals surface area contributed by atoms with Crippen molar-refractivity contribution in [3.63, 3.8) is 0 Å². The van der Waals surface area contributed by atoms with Gasteiger partial charge in [-0.2, -0.15) is 0 Å². The number of hydrogen-bond acceptors (Lipinski definition) is 5. The fourth-order valence-electron chi connectivity index (χ4n) is 2.40. The molecule has 0 unspecified atom stereocenters. The van der Waals surface area contributed by atoms with Gasteiger partial charge in [0.05, 0.1) is 24.5 Å². The predicted octanol–water partition coefficient (Wildman–Crippen LogP) is 2.86. The number of carbonyl (C=O) groups excluding carboxylic acids is 1. The van der Waals surface area contributed by atoms with E-state index >= 15 is 0 Å². The predicted molar refractivity (Wildman–Crippen MR) is 78.6 cm³/mol. The Morgan fingerprint density at radius 2 is 2.14 bits per heavy atom. The summed E-state index contributed by atoms with van der Waals surface area (Å²) >= 11 is 0. The Morgan fingerprint density at radius 3 is 2.76 bits per heavy atom. The highest BCUT2D eigenvalue weighted by molar-refractivity contribution is 5.85. The zero-order valence-electron chi connectivity index (χ0n) is 12.3. The van der Waals surface area contributed by atoms with Gasteiger partial charge in [0, 0.05) is 5.92 Å². The van der Waals surface area contributed by atoms with Crippen molar-refractivity contribution >= 4 is 16.9 Å². The van der Waals surface area contributed by atoms with Crippen molar-refractivity contribution in [1.29, 1.82) is 0 Å². The monoisotopic (exact) mass is 290 g/mol. The van der Waals surface area contributed by atoms with E-state index in [1.54, 1.807) is 12.1 Å². The first-order chi connectivity index (χ1) is 9.97.